The van der Waals surface area contributed by atoms with Gasteiger partial charge in [-0.2, -0.15) is 0 Å². The van der Waals surface area contributed by atoms with Gasteiger partial charge in [-0.3, -0.25) is 4.79 Å². The summed E-state index contributed by atoms with van der Waals surface area (Å²) in [5.41, 5.74) is 0.536. The first-order valence-corrected chi connectivity index (χ1v) is 5.89. The van der Waals surface area contributed by atoms with Gasteiger partial charge in [-0.25, -0.2) is 4.79 Å². The van der Waals surface area contributed by atoms with E-state index in [1.165, 1.54) is 0 Å². The van der Waals surface area contributed by atoms with Gasteiger partial charge in [0, 0.05) is 5.56 Å². The SMILES string of the molecule is CC(C)OC(=O)COc1ccc(C=O)cc1Br. The summed E-state index contributed by atoms with van der Waals surface area (Å²) < 4.78 is 10.8. The van der Waals surface area contributed by atoms with Crippen LogP contribution in [0.5, 0.6) is 5.75 Å². The molecule has 1 aromatic carbocycles. The molecule has 5 heteroatoms. The Kier molecular flexibility index (Phi) is 5.15. The van der Waals surface area contributed by atoms with E-state index in [2.05, 4.69) is 15.9 Å². The molecule has 0 aliphatic heterocycles. The molecule has 0 aliphatic rings. The molecule has 0 heterocycles. The van der Waals surface area contributed by atoms with E-state index in [0.717, 1.165) is 6.29 Å². The largest absolute Gasteiger partial charge is 0.481 e. The van der Waals surface area contributed by atoms with E-state index in [1.54, 1.807) is 32.0 Å². The first-order valence-electron chi connectivity index (χ1n) is 5.10. The minimum atomic E-state index is -0.425. The molecule has 0 spiro atoms. The second-order valence-electron chi connectivity index (χ2n) is 3.63. The Morgan fingerprint density at radius 1 is 1.47 bits per heavy atom. The highest BCUT2D eigenvalue weighted by atomic mass is 79.9. The first kappa shape index (κ1) is 13.7. The van der Waals surface area contributed by atoms with Gasteiger partial charge in [0.1, 0.15) is 12.0 Å². The molecule has 0 saturated carbocycles. The summed E-state index contributed by atoms with van der Waals surface area (Å²) in [6, 6.07) is 4.85. The average molecular weight is 301 g/mol. The van der Waals surface area contributed by atoms with Crippen molar-refractivity contribution in [1.82, 2.24) is 0 Å². The van der Waals surface area contributed by atoms with Gasteiger partial charge in [-0.1, -0.05) is 0 Å². The number of rotatable bonds is 5. The van der Waals surface area contributed by atoms with Crippen molar-refractivity contribution in [3.63, 3.8) is 0 Å². The van der Waals surface area contributed by atoms with Crippen LogP contribution in [-0.2, 0) is 9.53 Å². The highest BCUT2D eigenvalue weighted by Crippen LogP contribution is 2.25. The van der Waals surface area contributed by atoms with Crippen molar-refractivity contribution in [3.05, 3.63) is 28.2 Å². The van der Waals surface area contributed by atoms with Crippen LogP contribution in [0.3, 0.4) is 0 Å². The van der Waals surface area contributed by atoms with Gasteiger partial charge in [0.05, 0.1) is 10.6 Å². The Morgan fingerprint density at radius 3 is 2.71 bits per heavy atom. The third-order valence-electron chi connectivity index (χ3n) is 1.80. The van der Waals surface area contributed by atoms with Crippen molar-refractivity contribution in [2.45, 2.75) is 20.0 Å². The molecule has 0 aliphatic carbocycles. The fourth-order valence-electron chi connectivity index (χ4n) is 1.14. The summed E-state index contributed by atoms with van der Waals surface area (Å²) in [6.45, 7) is 3.39. The Morgan fingerprint density at radius 2 is 2.18 bits per heavy atom. The molecule has 0 N–H and O–H groups in total. The van der Waals surface area contributed by atoms with Gasteiger partial charge in [0.15, 0.2) is 6.61 Å². The number of benzene rings is 1. The highest BCUT2D eigenvalue weighted by Gasteiger charge is 2.08. The quantitative estimate of drug-likeness (QED) is 0.619. The van der Waals surface area contributed by atoms with Crippen LogP contribution in [-0.4, -0.2) is 25.0 Å². The summed E-state index contributed by atoms with van der Waals surface area (Å²) in [6.07, 6.45) is 0.577. The monoisotopic (exact) mass is 300 g/mol. The predicted octanol–water partition coefficient (Wildman–Crippen LogP) is 2.59. The van der Waals surface area contributed by atoms with Gasteiger partial charge < -0.3 is 9.47 Å². The molecule has 1 aromatic rings. The summed E-state index contributed by atoms with van der Waals surface area (Å²) in [5.74, 6) is 0.0719. The minimum Gasteiger partial charge on any atom is -0.481 e. The number of esters is 1. The molecule has 0 bridgehead atoms. The molecule has 0 unspecified atom stereocenters. The van der Waals surface area contributed by atoms with Crippen molar-refractivity contribution in [2.24, 2.45) is 0 Å². The zero-order valence-electron chi connectivity index (χ0n) is 9.60. The Balaban J connectivity index is 2.57. The van der Waals surface area contributed by atoms with Crippen molar-refractivity contribution in [2.75, 3.05) is 6.61 Å². The maximum absolute atomic E-state index is 11.2. The lowest BCUT2D eigenvalue weighted by Crippen LogP contribution is -2.18. The number of aldehydes is 1. The van der Waals surface area contributed by atoms with Crippen LogP contribution in [0.2, 0.25) is 0 Å². The molecular formula is C12H13BrO4. The standard InChI is InChI=1S/C12H13BrO4/c1-8(2)17-12(15)7-16-11-4-3-9(6-14)5-10(11)13/h3-6,8H,7H2,1-2H3. The Hall–Kier alpha value is -1.36. The second-order valence-corrected chi connectivity index (χ2v) is 4.49. The topological polar surface area (TPSA) is 52.6 Å². The number of hydrogen-bond donors (Lipinski definition) is 0. The summed E-state index contributed by atoms with van der Waals surface area (Å²) in [7, 11) is 0. The van der Waals surface area contributed by atoms with Crippen LogP contribution in [0.25, 0.3) is 0 Å². The molecule has 0 amide bonds. The maximum atomic E-state index is 11.2. The van der Waals surface area contributed by atoms with E-state index >= 15 is 0 Å². The van der Waals surface area contributed by atoms with Crippen LogP contribution >= 0.6 is 15.9 Å². The zero-order valence-corrected chi connectivity index (χ0v) is 11.2. The molecule has 0 radical (unpaired) electrons. The molecule has 92 valence electrons. The number of ether oxygens (including phenoxy) is 2. The molecule has 0 atom stereocenters. The predicted molar refractivity (Wildman–Crippen MR) is 66.3 cm³/mol. The van der Waals surface area contributed by atoms with Crippen LogP contribution in [0.1, 0.15) is 24.2 Å². The van der Waals surface area contributed by atoms with Gasteiger partial charge in [-0.15, -0.1) is 0 Å². The Labute approximate surface area is 108 Å². The second kappa shape index (κ2) is 6.39. The van der Waals surface area contributed by atoms with Crippen LogP contribution < -0.4 is 4.74 Å². The molecule has 0 fully saturated rings. The Bertz CT molecular complexity index is 415. The minimum absolute atomic E-state index is 0.156. The van der Waals surface area contributed by atoms with E-state index in [-0.39, 0.29) is 12.7 Å². The van der Waals surface area contributed by atoms with Crippen molar-refractivity contribution >= 4 is 28.2 Å². The van der Waals surface area contributed by atoms with Crippen molar-refractivity contribution in [3.8, 4) is 5.75 Å². The van der Waals surface area contributed by atoms with Crippen molar-refractivity contribution < 1.29 is 19.1 Å². The number of hydrogen-bond acceptors (Lipinski definition) is 4. The smallest absolute Gasteiger partial charge is 0.344 e. The van der Waals surface area contributed by atoms with Gasteiger partial charge in [0.25, 0.3) is 0 Å². The molecule has 0 saturated heterocycles. The van der Waals surface area contributed by atoms with Crippen LogP contribution in [0.15, 0.2) is 22.7 Å². The highest BCUT2D eigenvalue weighted by molar-refractivity contribution is 9.10. The fraction of sp³-hybridized carbons (Fsp3) is 0.333. The summed E-state index contributed by atoms with van der Waals surface area (Å²) >= 11 is 3.25. The molecule has 4 nitrogen and oxygen atoms in total. The third kappa shape index (κ3) is 4.56. The number of halogens is 1. The first-order chi connectivity index (χ1) is 8.02. The number of carbonyl (C=O) groups is 2. The van der Waals surface area contributed by atoms with Crippen molar-refractivity contribution in [1.29, 1.82) is 0 Å². The average Bonchev–Trinajstić information content (AvgIpc) is 2.26. The fourth-order valence-corrected chi connectivity index (χ4v) is 1.65. The van der Waals surface area contributed by atoms with Gasteiger partial charge in [-0.05, 0) is 48.0 Å². The van der Waals surface area contributed by atoms with Crippen LogP contribution in [0.4, 0.5) is 0 Å². The van der Waals surface area contributed by atoms with Gasteiger partial charge in [0.2, 0.25) is 0 Å². The third-order valence-corrected chi connectivity index (χ3v) is 2.42. The lowest BCUT2D eigenvalue weighted by Gasteiger charge is -2.10. The molecule has 0 aromatic heterocycles. The summed E-state index contributed by atoms with van der Waals surface area (Å²) in [4.78, 5) is 21.8. The van der Waals surface area contributed by atoms with E-state index in [4.69, 9.17) is 9.47 Å². The van der Waals surface area contributed by atoms with E-state index in [9.17, 15) is 9.59 Å². The molecular weight excluding hydrogens is 288 g/mol. The maximum Gasteiger partial charge on any atom is 0.344 e. The molecule has 17 heavy (non-hydrogen) atoms. The zero-order chi connectivity index (χ0) is 12.8. The van der Waals surface area contributed by atoms with Gasteiger partial charge >= 0.3 is 5.97 Å². The summed E-state index contributed by atoms with van der Waals surface area (Å²) in [5, 5.41) is 0. The molecule has 1 rings (SSSR count). The number of carbonyl (C=O) groups excluding carboxylic acids is 2. The lowest BCUT2D eigenvalue weighted by atomic mass is 10.2. The van der Waals surface area contributed by atoms with E-state index in [0.29, 0.717) is 15.8 Å². The van der Waals surface area contributed by atoms with E-state index in [1.807, 2.05) is 0 Å². The lowest BCUT2D eigenvalue weighted by molar-refractivity contribution is -0.149. The van der Waals surface area contributed by atoms with E-state index < -0.39 is 5.97 Å². The van der Waals surface area contributed by atoms with Crippen LogP contribution in [0, 0.1) is 0 Å². The normalized spacial score (nSPS) is 10.1.